The van der Waals surface area contributed by atoms with Crippen LogP contribution in [0.4, 0.5) is 0 Å². The van der Waals surface area contributed by atoms with Crippen molar-refractivity contribution in [1.29, 1.82) is 0 Å². The van der Waals surface area contributed by atoms with Gasteiger partial charge in [-0.05, 0) is 62.2 Å². The summed E-state index contributed by atoms with van der Waals surface area (Å²) in [6.07, 6.45) is 2.96. The van der Waals surface area contributed by atoms with E-state index in [1.54, 1.807) is 36.4 Å². The summed E-state index contributed by atoms with van der Waals surface area (Å²) in [7, 11) is 0. The van der Waals surface area contributed by atoms with Crippen LogP contribution in [0, 0.1) is 0 Å². The van der Waals surface area contributed by atoms with Gasteiger partial charge in [0, 0.05) is 23.7 Å². The van der Waals surface area contributed by atoms with E-state index < -0.39 is 17.6 Å². The van der Waals surface area contributed by atoms with Crippen molar-refractivity contribution in [2.45, 2.75) is 45.0 Å². The average Bonchev–Trinajstić information content (AvgIpc) is 3.43. The van der Waals surface area contributed by atoms with E-state index in [0.29, 0.717) is 30.1 Å². The smallest absolute Gasteiger partial charge is 0.271 e. The van der Waals surface area contributed by atoms with Gasteiger partial charge >= 0.3 is 0 Å². The Bertz CT molecular complexity index is 1250. The van der Waals surface area contributed by atoms with Gasteiger partial charge in [0.15, 0.2) is 6.17 Å². The number of amides is 3. The van der Waals surface area contributed by atoms with Crippen LogP contribution in [-0.2, 0) is 16.2 Å². The Kier molecular flexibility index (Phi) is 7.92. The summed E-state index contributed by atoms with van der Waals surface area (Å²) in [5.74, 6) is 0.228. The molecule has 1 aromatic heterocycles. The summed E-state index contributed by atoms with van der Waals surface area (Å²) in [4.78, 5) is 37.6. The summed E-state index contributed by atoms with van der Waals surface area (Å²) in [6, 6.07) is 20.2. The van der Waals surface area contributed by atoms with E-state index in [-0.39, 0.29) is 23.9 Å². The number of furan rings is 1. The number of benzene rings is 2. The highest BCUT2D eigenvalue weighted by molar-refractivity contribution is 5.98. The predicted molar refractivity (Wildman–Crippen MR) is 137 cm³/mol. The molecule has 3 aromatic rings. The van der Waals surface area contributed by atoms with Crippen LogP contribution in [-0.4, -0.2) is 23.3 Å². The highest BCUT2D eigenvalue weighted by Crippen LogP contribution is 2.18. The lowest BCUT2D eigenvalue weighted by molar-refractivity contribution is -0.124. The maximum absolute atomic E-state index is 12.8. The van der Waals surface area contributed by atoms with Crippen LogP contribution in [0.15, 0.2) is 89.3 Å². The molecule has 9 heteroatoms. The number of nitrogens with one attached hydrogen (secondary N) is 4. The van der Waals surface area contributed by atoms with Crippen molar-refractivity contribution in [1.82, 2.24) is 21.3 Å². The van der Waals surface area contributed by atoms with E-state index in [0.717, 1.165) is 5.56 Å². The highest BCUT2D eigenvalue weighted by Gasteiger charge is 2.26. The molecule has 0 bridgehead atoms. The Morgan fingerprint density at radius 1 is 1.03 bits per heavy atom. The van der Waals surface area contributed by atoms with E-state index in [9.17, 15) is 14.4 Å². The fourth-order valence-electron chi connectivity index (χ4n) is 3.71. The minimum atomic E-state index is -0.650. The molecule has 0 fully saturated rings. The van der Waals surface area contributed by atoms with Crippen LogP contribution >= 0.6 is 0 Å². The zero-order chi connectivity index (χ0) is 26.3. The third kappa shape index (κ3) is 7.23. The number of rotatable bonds is 10. The second-order valence-corrected chi connectivity index (χ2v) is 9.33. The van der Waals surface area contributed by atoms with Crippen molar-refractivity contribution in [3.63, 3.8) is 0 Å². The lowest BCUT2D eigenvalue weighted by Gasteiger charge is -2.27. The van der Waals surface area contributed by atoms with E-state index in [1.807, 2.05) is 44.2 Å². The number of hydrogen-bond donors (Lipinski definition) is 4. The normalized spacial score (nSPS) is 15.1. The zero-order valence-corrected chi connectivity index (χ0v) is 20.7. The molecule has 2 aromatic carbocycles. The topological polar surface area (TPSA) is 122 Å². The van der Waals surface area contributed by atoms with Crippen LogP contribution in [0.3, 0.4) is 0 Å². The number of hydrogen-bond acceptors (Lipinski definition) is 6. The summed E-state index contributed by atoms with van der Waals surface area (Å²) in [5, 5.41) is 11.3. The molecule has 0 aliphatic carbocycles. The third-order valence-corrected chi connectivity index (χ3v) is 5.81. The molecule has 3 amide bonds. The van der Waals surface area contributed by atoms with Gasteiger partial charge in [0.25, 0.3) is 11.8 Å². The second-order valence-electron chi connectivity index (χ2n) is 9.33. The molecule has 0 spiro atoms. The minimum absolute atomic E-state index is 0.115. The quantitative estimate of drug-likeness (QED) is 0.337. The Hall–Kier alpha value is -4.53. The maximum atomic E-state index is 12.8. The van der Waals surface area contributed by atoms with Crippen molar-refractivity contribution in [3.05, 3.63) is 102 Å². The average molecular weight is 503 g/mol. The number of carbonyl (C=O) groups excluding carboxylic acids is 3. The molecule has 9 nitrogen and oxygen atoms in total. The largest absolute Gasteiger partial charge is 0.489 e. The van der Waals surface area contributed by atoms with Gasteiger partial charge in [-0.2, -0.15) is 0 Å². The molecule has 0 radical (unpaired) electrons. The van der Waals surface area contributed by atoms with Crippen LogP contribution in [0.2, 0.25) is 0 Å². The van der Waals surface area contributed by atoms with Gasteiger partial charge in [0.05, 0.1) is 6.26 Å². The molecule has 192 valence electrons. The third-order valence-electron chi connectivity index (χ3n) is 5.81. The Balaban J connectivity index is 1.22. The van der Waals surface area contributed by atoms with E-state index >= 15 is 0 Å². The fraction of sp³-hybridized carbons (Fsp3) is 0.250. The monoisotopic (exact) mass is 502 g/mol. The van der Waals surface area contributed by atoms with Gasteiger partial charge in [0.1, 0.15) is 23.8 Å². The molecule has 0 saturated heterocycles. The first-order valence-corrected chi connectivity index (χ1v) is 12.0. The van der Waals surface area contributed by atoms with Crippen molar-refractivity contribution in [3.8, 4) is 5.75 Å². The molecule has 1 aliphatic rings. The Morgan fingerprint density at radius 3 is 2.46 bits per heavy atom. The highest BCUT2D eigenvalue weighted by atomic mass is 16.5. The molecular weight excluding hydrogens is 472 g/mol. The van der Waals surface area contributed by atoms with Crippen molar-refractivity contribution in [2.75, 3.05) is 0 Å². The van der Waals surface area contributed by atoms with Gasteiger partial charge < -0.3 is 30.4 Å². The molecule has 4 N–H and O–H groups in total. The second kappa shape index (κ2) is 11.5. The summed E-state index contributed by atoms with van der Waals surface area (Å²) >= 11 is 0. The molecule has 4 rings (SSSR count). The first kappa shape index (κ1) is 25.6. The van der Waals surface area contributed by atoms with Gasteiger partial charge in [0.2, 0.25) is 5.91 Å². The Labute approximate surface area is 215 Å². The fourth-order valence-corrected chi connectivity index (χ4v) is 3.71. The summed E-state index contributed by atoms with van der Waals surface area (Å²) < 4.78 is 11.0. The van der Waals surface area contributed by atoms with Crippen LogP contribution < -0.4 is 26.0 Å². The molecule has 1 atom stereocenters. The van der Waals surface area contributed by atoms with Crippen LogP contribution in [0.1, 0.15) is 54.5 Å². The van der Waals surface area contributed by atoms with Crippen LogP contribution in [0.5, 0.6) is 5.75 Å². The molecule has 1 aliphatic heterocycles. The first-order valence-electron chi connectivity index (χ1n) is 12.0. The maximum Gasteiger partial charge on any atom is 0.271 e. The number of ether oxygens (including phenoxy) is 1. The van der Waals surface area contributed by atoms with E-state index in [4.69, 9.17) is 9.15 Å². The van der Waals surface area contributed by atoms with Crippen molar-refractivity contribution >= 4 is 17.7 Å². The summed E-state index contributed by atoms with van der Waals surface area (Å²) in [5.41, 5.74) is 1.02. The lowest BCUT2D eigenvalue weighted by Crippen LogP contribution is -2.46. The van der Waals surface area contributed by atoms with E-state index in [1.165, 1.54) is 12.5 Å². The SMILES string of the molecule is CC(C)(CCC(=O)NC1=CNC(c2ccco2)NC1=O)NC(=O)c1ccc(OCc2ccccc2)cc1. The van der Waals surface area contributed by atoms with Gasteiger partial charge in [-0.3, -0.25) is 14.4 Å². The molecule has 0 saturated carbocycles. The van der Waals surface area contributed by atoms with E-state index in [2.05, 4.69) is 21.3 Å². The van der Waals surface area contributed by atoms with Crippen LogP contribution in [0.25, 0.3) is 0 Å². The molecular formula is C28H30N4O5. The number of carbonyl (C=O) groups is 3. The van der Waals surface area contributed by atoms with Crippen molar-refractivity contribution < 1.29 is 23.5 Å². The van der Waals surface area contributed by atoms with Gasteiger partial charge in [-0.1, -0.05) is 30.3 Å². The van der Waals surface area contributed by atoms with Crippen molar-refractivity contribution in [2.24, 2.45) is 0 Å². The Morgan fingerprint density at radius 2 is 1.78 bits per heavy atom. The first-order chi connectivity index (χ1) is 17.8. The minimum Gasteiger partial charge on any atom is -0.489 e. The van der Waals surface area contributed by atoms with Gasteiger partial charge in [-0.15, -0.1) is 0 Å². The molecule has 1 unspecified atom stereocenters. The molecule has 37 heavy (non-hydrogen) atoms. The standard InChI is InChI=1S/C28H30N4O5/c1-28(2,15-14-24(33)30-22-17-29-25(31-27(22)35)23-9-6-16-36-23)32-26(34)20-10-12-21(13-11-20)37-18-19-7-4-3-5-8-19/h3-13,16-17,25,29H,14-15,18H2,1-2H3,(H,30,33)(H,31,35)(H,32,34). The zero-order valence-electron chi connectivity index (χ0n) is 20.7. The van der Waals surface area contributed by atoms with Gasteiger partial charge in [-0.25, -0.2) is 0 Å². The predicted octanol–water partition coefficient (Wildman–Crippen LogP) is 3.52. The lowest BCUT2D eigenvalue weighted by atomic mass is 9.97. The molecule has 2 heterocycles. The summed E-state index contributed by atoms with van der Waals surface area (Å²) in [6.45, 7) is 4.13.